The van der Waals surface area contributed by atoms with Gasteiger partial charge < -0.3 is 10.5 Å². The SMILES string of the molecule is Cc1nnc(Oc2ccc(F)cc2N)c2ccccc12. The maximum absolute atomic E-state index is 13.0. The van der Waals surface area contributed by atoms with Crippen LogP contribution in [0.3, 0.4) is 0 Å². The first-order valence-corrected chi connectivity index (χ1v) is 6.10. The van der Waals surface area contributed by atoms with Gasteiger partial charge in [-0.2, -0.15) is 5.10 Å². The fraction of sp³-hybridized carbons (Fsp3) is 0.0667. The molecule has 0 radical (unpaired) electrons. The topological polar surface area (TPSA) is 61.0 Å². The number of nitrogens with zero attached hydrogens (tertiary/aromatic N) is 2. The van der Waals surface area contributed by atoms with Crippen LogP contribution in [0.2, 0.25) is 0 Å². The first kappa shape index (κ1) is 12.3. The van der Waals surface area contributed by atoms with Crippen molar-refractivity contribution in [1.82, 2.24) is 10.2 Å². The van der Waals surface area contributed by atoms with Crippen molar-refractivity contribution in [3.8, 4) is 11.6 Å². The van der Waals surface area contributed by atoms with Crippen molar-refractivity contribution in [3.05, 3.63) is 54.0 Å². The molecule has 0 fully saturated rings. The Morgan fingerprint density at radius 3 is 2.55 bits per heavy atom. The molecule has 0 aliphatic rings. The van der Waals surface area contributed by atoms with Gasteiger partial charge in [0.2, 0.25) is 5.88 Å². The second kappa shape index (κ2) is 4.77. The van der Waals surface area contributed by atoms with E-state index in [1.54, 1.807) is 0 Å². The summed E-state index contributed by atoms with van der Waals surface area (Å²) < 4.78 is 18.7. The lowest BCUT2D eigenvalue weighted by Crippen LogP contribution is -1.98. The molecule has 20 heavy (non-hydrogen) atoms. The summed E-state index contributed by atoms with van der Waals surface area (Å²) in [4.78, 5) is 0. The highest BCUT2D eigenvalue weighted by atomic mass is 19.1. The number of benzene rings is 2. The van der Waals surface area contributed by atoms with E-state index >= 15 is 0 Å². The minimum atomic E-state index is -0.408. The lowest BCUT2D eigenvalue weighted by atomic mass is 10.1. The lowest BCUT2D eigenvalue weighted by Gasteiger charge is -2.10. The molecular formula is C15H12FN3O. The van der Waals surface area contributed by atoms with Crippen LogP contribution in [0, 0.1) is 12.7 Å². The molecule has 0 aliphatic carbocycles. The van der Waals surface area contributed by atoms with Gasteiger partial charge in [-0.05, 0) is 25.1 Å². The van der Waals surface area contributed by atoms with E-state index in [1.807, 2.05) is 31.2 Å². The number of aromatic nitrogens is 2. The summed E-state index contributed by atoms with van der Waals surface area (Å²) in [6.45, 7) is 1.88. The van der Waals surface area contributed by atoms with E-state index in [0.29, 0.717) is 11.6 Å². The van der Waals surface area contributed by atoms with Crippen molar-refractivity contribution in [1.29, 1.82) is 0 Å². The molecule has 0 amide bonds. The Morgan fingerprint density at radius 1 is 1.05 bits per heavy atom. The van der Waals surface area contributed by atoms with E-state index in [-0.39, 0.29) is 5.69 Å². The van der Waals surface area contributed by atoms with Crippen molar-refractivity contribution in [2.24, 2.45) is 0 Å². The van der Waals surface area contributed by atoms with E-state index in [0.717, 1.165) is 16.5 Å². The molecule has 1 aromatic heterocycles. The van der Waals surface area contributed by atoms with Gasteiger partial charge in [0.1, 0.15) is 5.82 Å². The highest BCUT2D eigenvalue weighted by Crippen LogP contribution is 2.31. The van der Waals surface area contributed by atoms with E-state index in [9.17, 15) is 4.39 Å². The van der Waals surface area contributed by atoms with Gasteiger partial charge in [0, 0.05) is 16.8 Å². The maximum Gasteiger partial charge on any atom is 0.246 e. The molecule has 0 atom stereocenters. The first-order chi connectivity index (χ1) is 9.65. The molecule has 0 bridgehead atoms. The summed E-state index contributed by atoms with van der Waals surface area (Å²) >= 11 is 0. The Bertz CT molecular complexity index is 789. The number of aryl methyl sites for hydroxylation is 1. The summed E-state index contributed by atoms with van der Waals surface area (Å²) in [5.41, 5.74) is 6.77. The number of hydrogen-bond donors (Lipinski definition) is 1. The molecule has 1 heterocycles. The first-order valence-electron chi connectivity index (χ1n) is 6.10. The van der Waals surface area contributed by atoms with E-state index in [4.69, 9.17) is 10.5 Å². The summed E-state index contributed by atoms with van der Waals surface area (Å²) in [6, 6.07) is 11.6. The zero-order valence-electron chi connectivity index (χ0n) is 10.8. The molecule has 2 aromatic carbocycles. The number of nitrogen functional groups attached to an aromatic ring is 1. The summed E-state index contributed by atoms with van der Waals surface area (Å²) in [5, 5.41) is 9.90. The molecular weight excluding hydrogens is 257 g/mol. The van der Waals surface area contributed by atoms with Gasteiger partial charge in [0.15, 0.2) is 5.75 Å². The van der Waals surface area contributed by atoms with Gasteiger partial charge in [-0.1, -0.05) is 18.2 Å². The van der Waals surface area contributed by atoms with Crippen molar-refractivity contribution >= 4 is 16.5 Å². The zero-order chi connectivity index (χ0) is 14.1. The second-order valence-electron chi connectivity index (χ2n) is 4.42. The van der Waals surface area contributed by atoms with Crippen molar-refractivity contribution in [2.75, 3.05) is 5.73 Å². The fourth-order valence-corrected chi connectivity index (χ4v) is 2.01. The average molecular weight is 269 g/mol. The second-order valence-corrected chi connectivity index (χ2v) is 4.42. The van der Waals surface area contributed by atoms with Crippen molar-refractivity contribution in [2.45, 2.75) is 6.92 Å². The third kappa shape index (κ3) is 2.14. The normalized spacial score (nSPS) is 10.7. The molecule has 0 aliphatic heterocycles. The molecule has 3 rings (SSSR count). The molecule has 0 saturated carbocycles. The Labute approximate surface area is 115 Å². The molecule has 2 N–H and O–H groups in total. The maximum atomic E-state index is 13.0. The van der Waals surface area contributed by atoms with Gasteiger partial charge >= 0.3 is 0 Å². The predicted octanol–water partition coefficient (Wildman–Crippen LogP) is 3.45. The van der Waals surface area contributed by atoms with Crippen LogP contribution >= 0.6 is 0 Å². The van der Waals surface area contributed by atoms with E-state index in [2.05, 4.69) is 10.2 Å². The number of fused-ring (bicyclic) bond motifs is 1. The predicted molar refractivity (Wildman–Crippen MR) is 75.2 cm³/mol. The van der Waals surface area contributed by atoms with Gasteiger partial charge in [-0.15, -0.1) is 5.10 Å². The number of anilines is 1. The summed E-state index contributed by atoms with van der Waals surface area (Å²) in [7, 11) is 0. The Hall–Kier alpha value is -2.69. The largest absolute Gasteiger partial charge is 0.435 e. The average Bonchev–Trinajstić information content (AvgIpc) is 2.45. The standard InChI is InChI=1S/C15H12FN3O/c1-9-11-4-2-3-5-12(11)15(19-18-9)20-14-7-6-10(16)8-13(14)17/h2-8H,17H2,1H3. The monoisotopic (exact) mass is 269 g/mol. The fourth-order valence-electron chi connectivity index (χ4n) is 2.01. The van der Waals surface area contributed by atoms with Crippen LogP contribution < -0.4 is 10.5 Å². The van der Waals surface area contributed by atoms with Crippen molar-refractivity contribution < 1.29 is 9.13 Å². The van der Waals surface area contributed by atoms with Crippen LogP contribution in [0.1, 0.15) is 5.69 Å². The highest BCUT2D eigenvalue weighted by Gasteiger charge is 2.10. The lowest BCUT2D eigenvalue weighted by molar-refractivity contribution is 0.462. The Kier molecular flexibility index (Phi) is 2.95. The van der Waals surface area contributed by atoms with E-state index in [1.165, 1.54) is 18.2 Å². The Balaban J connectivity index is 2.09. The van der Waals surface area contributed by atoms with Crippen LogP contribution in [0.15, 0.2) is 42.5 Å². The number of hydrogen-bond acceptors (Lipinski definition) is 4. The zero-order valence-corrected chi connectivity index (χ0v) is 10.8. The summed E-state index contributed by atoms with van der Waals surface area (Å²) in [5.74, 6) is 0.300. The minimum Gasteiger partial charge on any atom is -0.435 e. The minimum absolute atomic E-state index is 0.219. The third-order valence-corrected chi connectivity index (χ3v) is 3.02. The van der Waals surface area contributed by atoms with Gasteiger partial charge in [-0.25, -0.2) is 4.39 Å². The van der Waals surface area contributed by atoms with Crippen LogP contribution in [0.5, 0.6) is 11.6 Å². The molecule has 0 spiro atoms. The van der Waals surface area contributed by atoms with Gasteiger partial charge in [0.05, 0.1) is 11.4 Å². The van der Waals surface area contributed by atoms with Gasteiger partial charge in [-0.3, -0.25) is 0 Å². The molecule has 5 heteroatoms. The number of halogens is 1. The quantitative estimate of drug-likeness (QED) is 0.724. The number of nitrogens with two attached hydrogens (primary N) is 1. The van der Waals surface area contributed by atoms with Crippen LogP contribution in [-0.4, -0.2) is 10.2 Å². The molecule has 4 nitrogen and oxygen atoms in total. The number of ether oxygens (including phenoxy) is 1. The van der Waals surface area contributed by atoms with Crippen LogP contribution in [0.4, 0.5) is 10.1 Å². The van der Waals surface area contributed by atoms with Gasteiger partial charge in [0.25, 0.3) is 0 Å². The Morgan fingerprint density at radius 2 is 1.80 bits per heavy atom. The van der Waals surface area contributed by atoms with E-state index < -0.39 is 5.82 Å². The molecule has 0 saturated heterocycles. The molecule has 3 aromatic rings. The highest BCUT2D eigenvalue weighted by molar-refractivity contribution is 5.88. The molecule has 100 valence electrons. The van der Waals surface area contributed by atoms with Crippen LogP contribution in [-0.2, 0) is 0 Å². The smallest absolute Gasteiger partial charge is 0.246 e. The number of rotatable bonds is 2. The van der Waals surface area contributed by atoms with Crippen molar-refractivity contribution in [3.63, 3.8) is 0 Å². The summed E-state index contributed by atoms with van der Waals surface area (Å²) in [6.07, 6.45) is 0. The van der Waals surface area contributed by atoms with Crippen LogP contribution in [0.25, 0.3) is 10.8 Å². The third-order valence-electron chi connectivity index (χ3n) is 3.02. The molecule has 0 unspecified atom stereocenters.